The van der Waals surface area contributed by atoms with Crippen molar-refractivity contribution in [3.05, 3.63) is 0 Å². The van der Waals surface area contributed by atoms with Crippen LogP contribution in [-0.4, -0.2) is 37.6 Å². The van der Waals surface area contributed by atoms with Crippen molar-refractivity contribution < 1.29 is 0 Å². The quantitative estimate of drug-likeness (QED) is 0.719. The van der Waals surface area contributed by atoms with Crippen LogP contribution < -0.4 is 5.32 Å². The summed E-state index contributed by atoms with van der Waals surface area (Å²) in [5.41, 5.74) is 0.516. The summed E-state index contributed by atoms with van der Waals surface area (Å²) in [4.78, 5) is 2.58. The molecule has 0 radical (unpaired) electrons. The maximum atomic E-state index is 3.71. The molecule has 1 aliphatic carbocycles. The largest absolute Gasteiger partial charge is 0.314 e. The van der Waals surface area contributed by atoms with Crippen molar-refractivity contribution in [1.82, 2.24) is 10.2 Å². The Labute approximate surface area is 127 Å². The minimum absolute atomic E-state index is 0.516. The fraction of sp³-hybridized carbons (Fsp3) is 1.00. The van der Waals surface area contributed by atoms with Crippen molar-refractivity contribution in [1.29, 1.82) is 0 Å². The van der Waals surface area contributed by atoms with E-state index in [4.69, 9.17) is 0 Å². The predicted molar refractivity (Wildman–Crippen MR) is 90.2 cm³/mol. The van der Waals surface area contributed by atoms with Crippen LogP contribution in [0, 0.1) is 17.3 Å². The lowest BCUT2D eigenvalue weighted by molar-refractivity contribution is 0.0946. The molecular weight excluding hydrogens is 244 g/mol. The molecule has 1 saturated carbocycles. The second-order valence-corrected chi connectivity index (χ2v) is 8.14. The van der Waals surface area contributed by atoms with Gasteiger partial charge in [-0.15, -0.1) is 0 Å². The first kappa shape index (κ1) is 18.0. The summed E-state index contributed by atoms with van der Waals surface area (Å²) < 4.78 is 0. The Morgan fingerprint density at radius 3 is 2.25 bits per heavy atom. The maximum Gasteiger partial charge on any atom is 0.00471 e. The predicted octanol–water partition coefficient (Wildman–Crippen LogP) is 4.16. The third-order valence-corrected chi connectivity index (χ3v) is 4.91. The molecule has 2 heteroatoms. The van der Waals surface area contributed by atoms with Gasteiger partial charge < -0.3 is 10.2 Å². The zero-order chi connectivity index (χ0) is 15.2. The molecule has 0 heterocycles. The summed E-state index contributed by atoms with van der Waals surface area (Å²) in [7, 11) is 2.32. The van der Waals surface area contributed by atoms with E-state index >= 15 is 0 Å². The van der Waals surface area contributed by atoms with E-state index in [9.17, 15) is 0 Å². The van der Waals surface area contributed by atoms with Gasteiger partial charge in [-0.2, -0.15) is 0 Å². The van der Waals surface area contributed by atoms with E-state index in [1.54, 1.807) is 0 Å². The van der Waals surface area contributed by atoms with Gasteiger partial charge in [-0.25, -0.2) is 0 Å². The van der Waals surface area contributed by atoms with Gasteiger partial charge in [0.15, 0.2) is 0 Å². The Bertz CT molecular complexity index is 252. The lowest BCUT2D eigenvalue weighted by atomic mass is 9.70. The van der Waals surface area contributed by atoms with E-state index in [-0.39, 0.29) is 0 Å². The van der Waals surface area contributed by atoms with Gasteiger partial charge in [-0.3, -0.25) is 0 Å². The lowest BCUT2D eigenvalue weighted by Gasteiger charge is -2.43. The average molecular weight is 283 g/mol. The first-order chi connectivity index (χ1) is 9.33. The minimum Gasteiger partial charge on any atom is -0.314 e. The lowest BCUT2D eigenvalue weighted by Crippen LogP contribution is -2.46. The van der Waals surface area contributed by atoms with Crippen molar-refractivity contribution in [3.8, 4) is 0 Å². The smallest absolute Gasteiger partial charge is 0.00471 e. The summed E-state index contributed by atoms with van der Waals surface area (Å²) in [5.74, 6) is 1.75. The fourth-order valence-corrected chi connectivity index (χ4v) is 3.32. The molecule has 0 amide bonds. The molecule has 0 saturated heterocycles. The number of nitrogens with one attached hydrogen (secondary N) is 1. The topological polar surface area (TPSA) is 15.3 Å². The van der Waals surface area contributed by atoms with Crippen molar-refractivity contribution in [2.75, 3.05) is 26.7 Å². The Kier molecular flexibility index (Phi) is 7.53. The molecule has 20 heavy (non-hydrogen) atoms. The monoisotopic (exact) mass is 282 g/mol. The van der Waals surface area contributed by atoms with Crippen LogP contribution in [0.3, 0.4) is 0 Å². The first-order valence-corrected chi connectivity index (χ1v) is 8.75. The minimum atomic E-state index is 0.516. The van der Waals surface area contributed by atoms with Crippen LogP contribution in [0.5, 0.6) is 0 Å². The van der Waals surface area contributed by atoms with E-state index in [1.165, 1.54) is 51.7 Å². The Hall–Kier alpha value is -0.0800. The fourth-order valence-electron chi connectivity index (χ4n) is 3.32. The number of rotatable bonds is 8. The van der Waals surface area contributed by atoms with Crippen LogP contribution in [-0.2, 0) is 0 Å². The van der Waals surface area contributed by atoms with Gasteiger partial charge >= 0.3 is 0 Å². The molecule has 0 aromatic heterocycles. The molecule has 0 atom stereocenters. The van der Waals surface area contributed by atoms with Crippen molar-refractivity contribution in [3.63, 3.8) is 0 Å². The second-order valence-electron chi connectivity index (χ2n) is 8.14. The molecule has 0 aromatic carbocycles. The highest BCUT2D eigenvalue weighted by Crippen LogP contribution is 2.39. The summed E-state index contributed by atoms with van der Waals surface area (Å²) >= 11 is 0. The molecule has 0 aromatic rings. The second kappa shape index (κ2) is 8.38. The molecule has 1 aliphatic rings. The van der Waals surface area contributed by atoms with Gasteiger partial charge in [0.1, 0.15) is 0 Å². The van der Waals surface area contributed by atoms with E-state index in [2.05, 4.69) is 51.9 Å². The Balaban J connectivity index is 2.53. The van der Waals surface area contributed by atoms with E-state index in [0.717, 1.165) is 11.8 Å². The molecule has 0 unspecified atom stereocenters. The van der Waals surface area contributed by atoms with Gasteiger partial charge in [-0.1, -0.05) is 47.5 Å². The van der Waals surface area contributed by atoms with Crippen LogP contribution in [0.2, 0.25) is 0 Å². The zero-order valence-corrected chi connectivity index (χ0v) is 14.8. The highest BCUT2D eigenvalue weighted by molar-refractivity contribution is 4.89. The van der Waals surface area contributed by atoms with Crippen LogP contribution in [0.1, 0.15) is 66.7 Å². The van der Waals surface area contributed by atoms with Gasteiger partial charge in [0, 0.05) is 19.1 Å². The van der Waals surface area contributed by atoms with Crippen LogP contribution >= 0.6 is 0 Å². The number of hydrogen-bond donors (Lipinski definition) is 1. The molecule has 0 aliphatic heterocycles. The average Bonchev–Trinajstić information content (AvgIpc) is 2.37. The molecular formula is C18H38N2. The van der Waals surface area contributed by atoms with Crippen molar-refractivity contribution >= 4 is 0 Å². The van der Waals surface area contributed by atoms with Gasteiger partial charge in [0.25, 0.3) is 0 Å². The summed E-state index contributed by atoms with van der Waals surface area (Å²) in [6, 6.07) is 0.604. The molecule has 1 rings (SSSR count). The van der Waals surface area contributed by atoms with Crippen LogP contribution in [0.4, 0.5) is 0 Å². The van der Waals surface area contributed by atoms with E-state index in [0.29, 0.717) is 11.5 Å². The SMILES string of the molecule is CC(C)CCN(C)CC1(CNC(C)C)CCC(C)CC1. The molecule has 0 bridgehead atoms. The molecule has 120 valence electrons. The molecule has 1 fully saturated rings. The van der Waals surface area contributed by atoms with Crippen molar-refractivity contribution in [2.24, 2.45) is 17.3 Å². The van der Waals surface area contributed by atoms with Crippen molar-refractivity contribution in [2.45, 2.75) is 72.8 Å². The number of hydrogen-bond acceptors (Lipinski definition) is 2. The summed E-state index contributed by atoms with van der Waals surface area (Å²) in [6.07, 6.45) is 6.95. The molecule has 1 N–H and O–H groups in total. The normalized spacial score (nSPS) is 27.8. The van der Waals surface area contributed by atoms with E-state index < -0.39 is 0 Å². The third-order valence-electron chi connectivity index (χ3n) is 4.91. The number of nitrogens with zero attached hydrogens (tertiary/aromatic N) is 1. The zero-order valence-electron chi connectivity index (χ0n) is 14.8. The van der Waals surface area contributed by atoms with Crippen LogP contribution in [0.15, 0.2) is 0 Å². The summed E-state index contributed by atoms with van der Waals surface area (Å²) in [5, 5.41) is 3.71. The first-order valence-electron chi connectivity index (χ1n) is 8.75. The molecule has 0 spiro atoms. The summed E-state index contributed by atoms with van der Waals surface area (Å²) in [6.45, 7) is 15.3. The maximum absolute atomic E-state index is 3.71. The molecule has 2 nitrogen and oxygen atoms in total. The van der Waals surface area contributed by atoms with Crippen LogP contribution in [0.25, 0.3) is 0 Å². The highest BCUT2D eigenvalue weighted by Gasteiger charge is 2.34. The Morgan fingerprint density at radius 1 is 1.15 bits per heavy atom. The van der Waals surface area contributed by atoms with Gasteiger partial charge in [0.2, 0.25) is 0 Å². The Morgan fingerprint density at radius 2 is 1.75 bits per heavy atom. The highest BCUT2D eigenvalue weighted by atomic mass is 15.1. The third kappa shape index (κ3) is 6.58. The van der Waals surface area contributed by atoms with Gasteiger partial charge in [0.05, 0.1) is 0 Å². The standard InChI is InChI=1S/C18H38N2/c1-15(2)9-12-20(6)14-18(13-19-16(3)4)10-7-17(5)8-11-18/h15-17,19H,7-14H2,1-6H3. The van der Waals surface area contributed by atoms with E-state index in [1.807, 2.05) is 0 Å². The van der Waals surface area contributed by atoms with Gasteiger partial charge in [-0.05, 0) is 50.1 Å².